The molecule has 0 radical (unpaired) electrons. The largest absolute Gasteiger partial charge is 0.416 e. The van der Waals surface area contributed by atoms with Crippen molar-refractivity contribution < 1.29 is 39.8 Å². The van der Waals surface area contributed by atoms with Crippen LogP contribution in [0.2, 0.25) is 10.0 Å². The number of phenolic OH excluding ortho intramolecular Hbond substituents is 1. The molecule has 0 heterocycles. The molecule has 1 aliphatic rings. The monoisotopic (exact) mass is 766 g/mol. The van der Waals surface area contributed by atoms with Crippen LogP contribution in [-0.2, 0) is 27.7 Å². The van der Waals surface area contributed by atoms with Crippen LogP contribution in [0.15, 0.2) is 84.9 Å². The number of aromatic hydroxyl groups is 1. The van der Waals surface area contributed by atoms with Gasteiger partial charge in [-0.3, -0.25) is 4.79 Å². The molecule has 2 amide bonds. The number of carbonyl (C=O) groups excluding carboxylic acids is 2. The molecule has 48 heavy (non-hydrogen) atoms. The third-order valence-corrected chi connectivity index (χ3v) is 10.1. The molecule has 4 N–H and O–H groups in total. The van der Waals surface area contributed by atoms with Crippen molar-refractivity contribution in [1.82, 2.24) is 4.90 Å². The average molecular weight is 767 g/mol. The van der Waals surface area contributed by atoms with Gasteiger partial charge < -0.3 is 4.90 Å². The predicted molar refractivity (Wildman–Crippen MR) is 178 cm³/mol. The molecule has 1 fully saturated rings. The summed E-state index contributed by atoms with van der Waals surface area (Å²) in [6, 6.07) is 21.4. The van der Waals surface area contributed by atoms with Crippen LogP contribution >= 0.6 is 23.2 Å². The van der Waals surface area contributed by atoms with Gasteiger partial charge in [-0.05, 0) is 72.2 Å². The van der Waals surface area contributed by atoms with Gasteiger partial charge in [0.15, 0.2) is 0 Å². The van der Waals surface area contributed by atoms with Gasteiger partial charge in [0.05, 0.1) is 5.56 Å². The molecule has 5 rings (SSSR count). The van der Waals surface area contributed by atoms with Crippen molar-refractivity contribution in [3.63, 3.8) is 0 Å². The number of phenols is 1. The van der Waals surface area contributed by atoms with Gasteiger partial charge in [0.1, 0.15) is 0 Å². The van der Waals surface area contributed by atoms with Crippen LogP contribution in [0.4, 0.5) is 18.9 Å². The maximum atomic E-state index is 13.3. The number of halogens is 5. The maximum absolute atomic E-state index is 13.3. The Morgan fingerprint density at radius 1 is 0.958 bits per heavy atom. The number of nitrogens with one attached hydrogen (secondary N) is 1. The Kier molecular flexibility index (Phi) is 12.1. The maximum Gasteiger partial charge on any atom is 0.416 e. The minimum Gasteiger partial charge on any atom is -0.334 e. The summed E-state index contributed by atoms with van der Waals surface area (Å²) < 4.78 is 68.0. The van der Waals surface area contributed by atoms with Gasteiger partial charge in [-0.2, -0.15) is 13.2 Å². The number of alkyl halides is 3. The van der Waals surface area contributed by atoms with E-state index in [1.165, 1.54) is 36.8 Å². The SMILES string of the molecule is CC(=O)Nc1c(O)cccc1[As](=O)(O)O.O=C(c1cccc(Cl)c1)N(CCc1cccc(C(F)(F)F)c1)Cc1ccc(C2CC2)cc1Cl. The average Bonchev–Trinajstić information content (AvgIpc) is 3.86. The summed E-state index contributed by atoms with van der Waals surface area (Å²) in [5, 5.41) is 12.6. The molecule has 0 spiro atoms. The summed E-state index contributed by atoms with van der Waals surface area (Å²) in [6.07, 6.45) is -1.82. The summed E-state index contributed by atoms with van der Waals surface area (Å²) in [6.45, 7) is 1.66. The van der Waals surface area contributed by atoms with Crippen molar-refractivity contribution in [2.24, 2.45) is 0 Å². The van der Waals surface area contributed by atoms with Crippen molar-refractivity contribution in [3.8, 4) is 5.75 Å². The number of para-hydroxylation sites is 1. The Morgan fingerprint density at radius 3 is 2.25 bits per heavy atom. The molecule has 8 nitrogen and oxygen atoms in total. The van der Waals surface area contributed by atoms with E-state index in [1.54, 1.807) is 35.2 Å². The van der Waals surface area contributed by atoms with E-state index in [0.717, 1.165) is 30.5 Å². The Hall–Kier alpha value is -3.73. The Bertz CT molecular complexity index is 1850. The quantitative estimate of drug-likeness (QED) is 0.111. The molecular formula is C34H32AsCl2F3N2O6. The number of benzene rings is 4. The number of carbonyl (C=O) groups is 2. The molecule has 0 aromatic heterocycles. The second kappa shape index (κ2) is 15.7. The molecule has 0 bridgehead atoms. The van der Waals surface area contributed by atoms with E-state index in [-0.39, 0.29) is 41.2 Å². The number of hydrogen-bond donors (Lipinski definition) is 4. The van der Waals surface area contributed by atoms with Crippen molar-refractivity contribution in [2.75, 3.05) is 11.9 Å². The fourth-order valence-electron chi connectivity index (χ4n) is 4.87. The molecule has 0 unspecified atom stereocenters. The van der Waals surface area contributed by atoms with Gasteiger partial charge in [0, 0.05) is 28.7 Å². The predicted octanol–water partition coefficient (Wildman–Crippen LogP) is 6.69. The van der Waals surface area contributed by atoms with Gasteiger partial charge in [-0.1, -0.05) is 59.6 Å². The van der Waals surface area contributed by atoms with Crippen LogP contribution in [0.3, 0.4) is 0 Å². The van der Waals surface area contributed by atoms with Gasteiger partial charge >= 0.3 is 94.3 Å². The number of amides is 2. The normalized spacial score (nSPS) is 12.9. The standard InChI is InChI=1S/C26H22Cl2F3NO.C8H10AsNO5/c27-23-6-2-4-20(14-23)25(33)32(12-11-17-3-1-5-22(13-17)26(29,30)31)16-21-10-9-19(15-24(21)28)18-7-8-18;1-5(11)10-8-6(9(13,14)15)3-2-4-7(8)12/h1-6,9-10,13-15,18H,7-8,11-12,16H2;2-4,12H,1H3,(H,10,11)(H2,13,14,15). The van der Waals surface area contributed by atoms with E-state index in [9.17, 15) is 31.6 Å². The molecule has 0 saturated heterocycles. The first-order valence-corrected chi connectivity index (χ1v) is 18.8. The minimum atomic E-state index is -5.14. The molecule has 1 aliphatic carbocycles. The fourth-order valence-corrected chi connectivity index (χ4v) is 6.86. The second-order valence-electron chi connectivity index (χ2n) is 11.2. The first kappa shape index (κ1) is 37.1. The fraction of sp³-hybridized carbons (Fsp3) is 0.235. The Morgan fingerprint density at radius 2 is 1.65 bits per heavy atom. The van der Waals surface area contributed by atoms with Gasteiger partial charge in [-0.25, -0.2) is 0 Å². The van der Waals surface area contributed by atoms with Gasteiger partial charge in [0.2, 0.25) is 0 Å². The summed E-state index contributed by atoms with van der Waals surface area (Å²) in [7, 11) is 0. The molecule has 4 aromatic rings. The van der Waals surface area contributed by atoms with Crippen LogP contribution in [0.25, 0.3) is 0 Å². The summed E-state index contributed by atoms with van der Waals surface area (Å²) in [5.74, 6) is -0.581. The summed E-state index contributed by atoms with van der Waals surface area (Å²) in [5.41, 5.74) is 1.98. The van der Waals surface area contributed by atoms with E-state index < -0.39 is 31.8 Å². The topological polar surface area (TPSA) is 127 Å². The first-order chi connectivity index (χ1) is 22.5. The van der Waals surface area contributed by atoms with Crippen LogP contribution < -0.4 is 9.67 Å². The molecule has 1 saturated carbocycles. The molecule has 0 aliphatic heterocycles. The van der Waals surface area contributed by atoms with Crippen LogP contribution in [0.5, 0.6) is 5.75 Å². The number of rotatable bonds is 9. The minimum absolute atomic E-state index is 0.225. The zero-order valence-electron chi connectivity index (χ0n) is 25.5. The summed E-state index contributed by atoms with van der Waals surface area (Å²) >= 11 is 7.45. The van der Waals surface area contributed by atoms with Crippen molar-refractivity contribution in [2.45, 2.75) is 44.8 Å². The molecule has 4 aromatic carbocycles. The number of anilines is 1. The van der Waals surface area contributed by atoms with E-state index >= 15 is 0 Å². The van der Waals surface area contributed by atoms with Crippen molar-refractivity contribution >= 4 is 59.2 Å². The summed E-state index contributed by atoms with van der Waals surface area (Å²) in [4.78, 5) is 25.7. The molecular weight excluding hydrogens is 735 g/mol. The van der Waals surface area contributed by atoms with Crippen LogP contribution in [0, 0.1) is 0 Å². The van der Waals surface area contributed by atoms with Gasteiger partial charge in [-0.15, -0.1) is 0 Å². The van der Waals surface area contributed by atoms with E-state index in [4.69, 9.17) is 31.4 Å². The van der Waals surface area contributed by atoms with Crippen molar-refractivity contribution in [1.29, 1.82) is 0 Å². The van der Waals surface area contributed by atoms with Gasteiger partial charge in [0.25, 0.3) is 5.91 Å². The molecule has 0 atom stereocenters. The first-order valence-electron chi connectivity index (χ1n) is 14.7. The van der Waals surface area contributed by atoms with Crippen molar-refractivity contribution in [3.05, 3.63) is 123 Å². The van der Waals surface area contributed by atoms with Crippen LogP contribution in [-0.4, -0.2) is 50.7 Å². The van der Waals surface area contributed by atoms with E-state index in [1.807, 2.05) is 18.2 Å². The molecule has 254 valence electrons. The zero-order valence-corrected chi connectivity index (χ0v) is 28.9. The van der Waals surface area contributed by atoms with Crippen LogP contribution in [0.1, 0.15) is 58.3 Å². The number of nitrogens with zero attached hydrogens (tertiary/aromatic N) is 1. The third kappa shape index (κ3) is 10.4. The Labute approximate surface area is 288 Å². The molecule has 14 heteroatoms. The third-order valence-electron chi connectivity index (χ3n) is 7.41. The smallest absolute Gasteiger partial charge is 0.334 e. The Balaban J connectivity index is 0.000000291. The van der Waals surface area contributed by atoms with E-state index in [0.29, 0.717) is 27.1 Å². The second-order valence-corrected chi connectivity index (χ2v) is 15.3. The zero-order chi connectivity index (χ0) is 35.2. The number of hydrogen-bond acceptors (Lipinski definition) is 4. The van der Waals surface area contributed by atoms with E-state index in [2.05, 4.69) is 5.32 Å².